The first-order chi connectivity index (χ1) is 7.31. The Morgan fingerprint density at radius 1 is 1.67 bits per heavy atom. The lowest BCUT2D eigenvalue weighted by Gasteiger charge is -2.33. The first-order valence-corrected chi connectivity index (χ1v) is 5.21. The van der Waals surface area contributed by atoms with Crippen LogP contribution in [0, 0.1) is 0 Å². The summed E-state index contributed by atoms with van der Waals surface area (Å²) in [5, 5.41) is 9.23. The zero-order valence-electron chi connectivity index (χ0n) is 8.89. The largest absolute Gasteiger partial charge is 0.392 e. The second-order valence-corrected chi connectivity index (χ2v) is 3.79. The topological polar surface area (TPSA) is 45.6 Å². The smallest absolute Gasteiger partial charge is 0.0722 e. The molecule has 4 heteroatoms. The standard InChI is InChI=1S/C11H16N2O2/c1-9-7-13(4-5-15-9)11-6-12-3-2-10(11)8-14/h2-3,6,9,14H,4-5,7-8H2,1H3. The molecule has 15 heavy (non-hydrogen) atoms. The molecule has 0 saturated carbocycles. The van der Waals surface area contributed by atoms with E-state index in [1.807, 2.05) is 12.3 Å². The number of hydrogen-bond acceptors (Lipinski definition) is 4. The van der Waals surface area contributed by atoms with Gasteiger partial charge in [-0.25, -0.2) is 0 Å². The molecule has 0 radical (unpaired) electrons. The van der Waals surface area contributed by atoms with Crippen molar-refractivity contribution in [2.45, 2.75) is 19.6 Å². The van der Waals surface area contributed by atoms with Crippen LogP contribution in [0.5, 0.6) is 0 Å². The van der Waals surface area contributed by atoms with Crippen LogP contribution in [-0.2, 0) is 11.3 Å². The number of aliphatic hydroxyl groups is 1. The molecule has 1 saturated heterocycles. The number of ether oxygens (including phenoxy) is 1. The van der Waals surface area contributed by atoms with E-state index in [2.05, 4.69) is 16.8 Å². The fourth-order valence-electron chi connectivity index (χ4n) is 1.87. The number of anilines is 1. The normalized spacial score (nSPS) is 21.7. The molecular formula is C11H16N2O2. The van der Waals surface area contributed by atoms with Crippen molar-refractivity contribution in [3.63, 3.8) is 0 Å². The molecule has 1 atom stereocenters. The predicted octanol–water partition coefficient (Wildman–Crippen LogP) is 0.799. The SMILES string of the molecule is CC1CN(c2cnccc2CO)CCO1. The number of hydrogen-bond donors (Lipinski definition) is 1. The maximum Gasteiger partial charge on any atom is 0.0722 e. The summed E-state index contributed by atoms with van der Waals surface area (Å²) in [6.07, 6.45) is 3.76. The van der Waals surface area contributed by atoms with Gasteiger partial charge in [0.25, 0.3) is 0 Å². The second kappa shape index (κ2) is 4.59. The van der Waals surface area contributed by atoms with Gasteiger partial charge in [0.05, 0.1) is 31.2 Å². The van der Waals surface area contributed by atoms with Gasteiger partial charge in [-0.3, -0.25) is 4.98 Å². The lowest BCUT2D eigenvalue weighted by Crippen LogP contribution is -2.41. The Morgan fingerprint density at radius 2 is 2.53 bits per heavy atom. The molecule has 1 unspecified atom stereocenters. The number of aliphatic hydroxyl groups excluding tert-OH is 1. The van der Waals surface area contributed by atoms with Gasteiger partial charge in [-0.2, -0.15) is 0 Å². The van der Waals surface area contributed by atoms with E-state index in [1.165, 1.54) is 0 Å². The minimum Gasteiger partial charge on any atom is -0.392 e. The molecule has 0 aliphatic carbocycles. The second-order valence-electron chi connectivity index (χ2n) is 3.79. The van der Waals surface area contributed by atoms with Crippen molar-refractivity contribution in [2.24, 2.45) is 0 Å². The van der Waals surface area contributed by atoms with Crippen molar-refractivity contribution < 1.29 is 9.84 Å². The Labute approximate surface area is 89.5 Å². The predicted molar refractivity (Wildman–Crippen MR) is 57.8 cm³/mol. The molecule has 1 fully saturated rings. The van der Waals surface area contributed by atoms with E-state index in [1.54, 1.807) is 6.20 Å². The Morgan fingerprint density at radius 3 is 3.27 bits per heavy atom. The number of aromatic nitrogens is 1. The highest BCUT2D eigenvalue weighted by Gasteiger charge is 2.18. The molecule has 1 aliphatic heterocycles. The fourth-order valence-corrected chi connectivity index (χ4v) is 1.87. The first-order valence-electron chi connectivity index (χ1n) is 5.21. The highest BCUT2D eigenvalue weighted by Crippen LogP contribution is 2.21. The van der Waals surface area contributed by atoms with Gasteiger partial charge in [-0.15, -0.1) is 0 Å². The van der Waals surface area contributed by atoms with E-state index in [9.17, 15) is 5.11 Å². The average molecular weight is 208 g/mol. The number of nitrogens with zero attached hydrogens (tertiary/aromatic N) is 2. The number of morpholine rings is 1. The van der Waals surface area contributed by atoms with Gasteiger partial charge in [0.2, 0.25) is 0 Å². The van der Waals surface area contributed by atoms with E-state index in [0.29, 0.717) is 0 Å². The maximum absolute atomic E-state index is 9.23. The van der Waals surface area contributed by atoms with Crippen LogP contribution in [0.15, 0.2) is 18.5 Å². The van der Waals surface area contributed by atoms with Crippen LogP contribution in [0.4, 0.5) is 5.69 Å². The maximum atomic E-state index is 9.23. The quantitative estimate of drug-likeness (QED) is 0.781. The molecule has 0 spiro atoms. The van der Waals surface area contributed by atoms with Crippen molar-refractivity contribution in [2.75, 3.05) is 24.6 Å². The van der Waals surface area contributed by atoms with E-state index in [0.717, 1.165) is 30.9 Å². The molecule has 0 amide bonds. The molecular weight excluding hydrogens is 192 g/mol. The lowest BCUT2D eigenvalue weighted by atomic mass is 10.2. The highest BCUT2D eigenvalue weighted by molar-refractivity contribution is 5.51. The van der Waals surface area contributed by atoms with E-state index >= 15 is 0 Å². The number of rotatable bonds is 2. The van der Waals surface area contributed by atoms with Gasteiger partial charge >= 0.3 is 0 Å². The van der Waals surface area contributed by atoms with Gasteiger partial charge in [-0.05, 0) is 13.0 Å². The lowest BCUT2D eigenvalue weighted by molar-refractivity contribution is 0.0530. The van der Waals surface area contributed by atoms with Gasteiger partial charge in [-0.1, -0.05) is 0 Å². The first kappa shape index (κ1) is 10.4. The van der Waals surface area contributed by atoms with Crippen molar-refractivity contribution in [3.05, 3.63) is 24.0 Å². The summed E-state index contributed by atoms with van der Waals surface area (Å²) in [5.41, 5.74) is 1.95. The highest BCUT2D eigenvalue weighted by atomic mass is 16.5. The molecule has 1 N–H and O–H groups in total. The van der Waals surface area contributed by atoms with Crippen molar-refractivity contribution in [1.29, 1.82) is 0 Å². The summed E-state index contributed by atoms with van der Waals surface area (Å²) in [6, 6.07) is 1.86. The van der Waals surface area contributed by atoms with Gasteiger partial charge in [0.15, 0.2) is 0 Å². The van der Waals surface area contributed by atoms with Crippen molar-refractivity contribution in [3.8, 4) is 0 Å². The summed E-state index contributed by atoms with van der Waals surface area (Å²) < 4.78 is 5.48. The molecule has 82 valence electrons. The third-order valence-electron chi connectivity index (χ3n) is 2.64. The summed E-state index contributed by atoms with van der Waals surface area (Å²) in [4.78, 5) is 6.31. The molecule has 1 aromatic rings. The minimum absolute atomic E-state index is 0.0591. The third kappa shape index (κ3) is 2.27. The molecule has 0 aromatic carbocycles. The molecule has 1 aromatic heterocycles. The van der Waals surface area contributed by atoms with Crippen LogP contribution in [0.1, 0.15) is 12.5 Å². The Kier molecular flexibility index (Phi) is 3.18. The van der Waals surface area contributed by atoms with Crippen LogP contribution in [0.2, 0.25) is 0 Å². The van der Waals surface area contributed by atoms with E-state index in [-0.39, 0.29) is 12.7 Å². The zero-order chi connectivity index (χ0) is 10.7. The molecule has 1 aliphatic rings. The summed E-state index contributed by atoms with van der Waals surface area (Å²) in [5.74, 6) is 0. The van der Waals surface area contributed by atoms with Crippen LogP contribution in [0.3, 0.4) is 0 Å². The van der Waals surface area contributed by atoms with E-state index in [4.69, 9.17) is 4.74 Å². The van der Waals surface area contributed by atoms with Crippen LogP contribution < -0.4 is 4.90 Å². The summed E-state index contributed by atoms with van der Waals surface area (Å²) in [6.45, 7) is 4.58. The number of pyridine rings is 1. The van der Waals surface area contributed by atoms with Crippen molar-refractivity contribution >= 4 is 5.69 Å². The van der Waals surface area contributed by atoms with Crippen molar-refractivity contribution in [1.82, 2.24) is 4.98 Å². The van der Waals surface area contributed by atoms with E-state index < -0.39 is 0 Å². The summed E-state index contributed by atoms with van der Waals surface area (Å²) >= 11 is 0. The Balaban J connectivity index is 2.20. The van der Waals surface area contributed by atoms with Crippen LogP contribution in [-0.4, -0.2) is 35.9 Å². The molecule has 2 heterocycles. The Hall–Kier alpha value is -1.13. The average Bonchev–Trinajstić information content (AvgIpc) is 2.29. The summed E-state index contributed by atoms with van der Waals surface area (Å²) in [7, 11) is 0. The molecule has 4 nitrogen and oxygen atoms in total. The molecule has 0 bridgehead atoms. The van der Waals surface area contributed by atoms with Gasteiger partial charge < -0.3 is 14.7 Å². The monoisotopic (exact) mass is 208 g/mol. The fraction of sp³-hybridized carbons (Fsp3) is 0.545. The van der Waals surface area contributed by atoms with Gasteiger partial charge in [0.1, 0.15) is 0 Å². The zero-order valence-corrected chi connectivity index (χ0v) is 8.89. The molecule has 2 rings (SSSR count). The van der Waals surface area contributed by atoms with Crippen LogP contribution >= 0.6 is 0 Å². The van der Waals surface area contributed by atoms with Crippen LogP contribution in [0.25, 0.3) is 0 Å². The third-order valence-corrected chi connectivity index (χ3v) is 2.64. The minimum atomic E-state index is 0.0591. The Bertz CT molecular complexity index is 330. The van der Waals surface area contributed by atoms with Gasteiger partial charge in [0, 0.05) is 24.8 Å².